The molecule has 0 aliphatic rings. The number of halogens is 1. The summed E-state index contributed by atoms with van der Waals surface area (Å²) in [7, 11) is 0. The van der Waals surface area contributed by atoms with Crippen molar-refractivity contribution < 1.29 is 14.2 Å². The highest BCUT2D eigenvalue weighted by molar-refractivity contribution is 5.34. The lowest BCUT2D eigenvalue weighted by atomic mass is 10.2. The zero-order chi connectivity index (χ0) is 12.3. The fourth-order valence-electron chi connectivity index (χ4n) is 1.46. The molecule has 0 spiro atoms. The van der Waals surface area contributed by atoms with E-state index in [2.05, 4.69) is 0 Å². The highest BCUT2D eigenvalue weighted by Crippen LogP contribution is 2.23. The van der Waals surface area contributed by atoms with Crippen molar-refractivity contribution in [1.29, 1.82) is 0 Å². The average Bonchev–Trinajstić information content (AvgIpc) is 2.32. The summed E-state index contributed by atoms with van der Waals surface area (Å²) < 4.78 is 18.9. The van der Waals surface area contributed by atoms with E-state index in [4.69, 9.17) is 9.84 Å². The molecule has 2 nitrogen and oxygen atoms in total. The van der Waals surface area contributed by atoms with E-state index in [0.717, 1.165) is 5.56 Å². The molecule has 3 heteroatoms. The van der Waals surface area contributed by atoms with Crippen molar-refractivity contribution in [1.82, 2.24) is 0 Å². The number of hydrogen-bond donors (Lipinski definition) is 1. The molecule has 0 fully saturated rings. The molecule has 2 aromatic rings. The Balaban J connectivity index is 2.19. The van der Waals surface area contributed by atoms with Crippen LogP contribution >= 0.6 is 0 Å². The molecule has 88 valence electrons. The van der Waals surface area contributed by atoms with E-state index in [1.54, 1.807) is 6.07 Å². The van der Waals surface area contributed by atoms with Gasteiger partial charge in [-0.2, -0.15) is 0 Å². The quantitative estimate of drug-likeness (QED) is 0.878. The fourth-order valence-corrected chi connectivity index (χ4v) is 1.46. The van der Waals surface area contributed by atoms with E-state index in [-0.39, 0.29) is 12.2 Å². The van der Waals surface area contributed by atoms with Crippen molar-refractivity contribution in [2.24, 2.45) is 0 Å². The predicted molar refractivity (Wildman–Crippen MR) is 63.6 cm³/mol. The molecule has 0 aromatic heterocycles. The molecule has 0 saturated heterocycles. The minimum absolute atomic E-state index is 0.265. The van der Waals surface area contributed by atoms with Gasteiger partial charge in [-0.3, -0.25) is 0 Å². The van der Waals surface area contributed by atoms with Gasteiger partial charge in [-0.25, -0.2) is 4.39 Å². The largest absolute Gasteiger partial charge is 0.457 e. The summed E-state index contributed by atoms with van der Waals surface area (Å²) in [6.07, 6.45) is 0. The predicted octanol–water partition coefficient (Wildman–Crippen LogP) is 3.42. The Hall–Kier alpha value is -1.87. The third kappa shape index (κ3) is 2.82. The molecule has 2 aromatic carbocycles. The van der Waals surface area contributed by atoms with E-state index in [0.29, 0.717) is 11.5 Å². The summed E-state index contributed by atoms with van der Waals surface area (Å²) in [5.41, 5.74) is 1.40. The van der Waals surface area contributed by atoms with Gasteiger partial charge in [0.05, 0.1) is 6.61 Å². The van der Waals surface area contributed by atoms with Gasteiger partial charge in [0.25, 0.3) is 0 Å². The number of benzene rings is 2. The van der Waals surface area contributed by atoms with Crippen molar-refractivity contribution in [3.8, 4) is 11.5 Å². The monoisotopic (exact) mass is 232 g/mol. The second-order valence-electron chi connectivity index (χ2n) is 3.83. The third-order valence-corrected chi connectivity index (χ3v) is 2.45. The lowest BCUT2D eigenvalue weighted by Crippen LogP contribution is -1.91. The first-order chi connectivity index (χ1) is 8.19. The summed E-state index contributed by atoms with van der Waals surface area (Å²) in [5.74, 6) is 0.618. The number of ether oxygens (including phenoxy) is 1. The third-order valence-electron chi connectivity index (χ3n) is 2.45. The Morgan fingerprint density at radius 2 is 1.71 bits per heavy atom. The molecule has 17 heavy (non-hydrogen) atoms. The van der Waals surface area contributed by atoms with E-state index in [1.165, 1.54) is 12.1 Å². The van der Waals surface area contributed by atoms with Crippen molar-refractivity contribution in [3.63, 3.8) is 0 Å². The smallest absolute Gasteiger partial charge is 0.132 e. The van der Waals surface area contributed by atoms with Gasteiger partial charge in [0.15, 0.2) is 0 Å². The molecule has 0 saturated carbocycles. The maximum atomic E-state index is 13.4. The van der Waals surface area contributed by atoms with Crippen molar-refractivity contribution >= 4 is 0 Å². The number of aliphatic hydroxyl groups is 1. The van der Waals surface area contributed by atoms with Crippen LogP contribution in [0.5, 0.6) is 11.5 Å². The van der Waals surface area contributed by atoms with Gasteiger partial charge in [-0.1, -0.05) is 23.8 Å². The molecule has 0 aliphatic carbocycles. The van der Waals surface area contributed by atoms with Crippen LogP contribution in [0.3, 0.4) is 0 Å². The fraction of sp³-hybridized carbons (Fsp3) is 0.143. The van der Waals surface area contributed by atoms with Crippen molar-refractivity contribution in [2.75, 3.05) is 0 Å². The molecule has 0 aliphatic heterocycles. The van der Waals surface area contributed by atoms with Gasteiger partial charge < -0.3 is 9.84 Å². The minimum Gasteiger partial charge on any atom is -0.457 e. The zero-order valence-corrected chi connectivity index (χ0v) is 9.48. The molecule has 0 unspecified atom stereocenters. The molecule has 0 radical (unpaired) electrons. The number of aliphatic hydroxyl groups excluding tert-OH is 1. The van der Waals surface area contributed by atoms with Crippen LogP contribution in [0.2, 0.25) is 0 Å². The first kappa shape index (κ1) is 11.6. The Morgan fingerprint density at radius 3 is 2.29 bits per heavy atom. The summed E-state index contributed by atoms with van der Waals surface area (Å²) in [4.78, 5) is 0. The normalized spacial score (nSPS) is 10.3. The van der Waals surface area contributed by atoms with Crippen LogP contribution in [0.15, 0.2) is 42.5 Å². The van der Waals surface area contributed by atoms with Gasteiger partial charge in [0, 0.05) is 11.6 Å². The summed E-state index contributed by atoms with van der Waals surface area (Å²) in [6, 6.07) is 11.9. The van der Waals surface area contributed by atoms with E-state index in [9.17, 15) is 4.39 Å². The molecule has 0 atom stereocenters. The van der Waals surface area contributed by atoms with Crippen LogP contribution in [-0.4, -0.2) is 5.11 Å². The number of hydrogen-bond acceptors (Lipinski definition) is 2. The number of aryl methyl sites for hydroxylation is 1. The highest BCUT2D eigenvalue weighted by atomic mass is 19.1. The molecular formula is C14H13FO2. The average molecular weight is 232 g/mol. The highest BCUT2D eigenvalue weighted by Gasteiger charge is 2.04. The molecule has 0 amide bonds. The lowest BCUT2D eigenvalue weighted by molar-refractivity contribution is 0.275. The molecule has 0 bridgehead atoms. The van der Waals surface area contributed by atoms with Crippen molar-refractivity contribution in [3.05, 3.63) is 59.4 Å². The maximum Gasteiger partial charge on any atom is 0.132 e. The minimum atomic E-state index is -0.461. The van der Waals surface area contributed by atoms with E-state index in [1.807, 2.05) is 31.2 Å². The van der Waals surface area contributed by atoms with Crippen LogP contribution < -0.4 is 4.74 Å². The zero-order valence-electron chi connectivity index (χ0n) is 9.48. The number of rotatable bonds is 3. The van der Waals surface area contributed by atoms with Gasteiger partial charge >= 0.3 is 0 Å². The summed E-state index contributed by atoms with van der Waals surface area (Å²) in [5, 5.41) is 8.85. The molecular weight excluding hydrogens is 219 g/mol. The van der Waals surface area contributed by atoms with Crippen LogP contribution in [-0.2, 0) is 6.61 Å². The van der Waals surface area contributed by atoms with Crippen LogP contribution in [0.25, 0.3) is 0 Å². The van der Waals surface area contributed by atoms with E-state index < -0.39 is 5.82 Å². The van der Waals surface area contributed by atoms with Crippen LogP contribution in [0, 0.1) is 12.7 Å². The van der Waals surface area contributed by atoms with Gasteiger partial charge in [0.2, 0.25) is 0 Å². The second-order valence-corrected chi connectivity index (χ2v) is 3.83. The molecule has 1 N–H and O–H groups in total. The Bertz CT molecular complexity index is 506. The topological polar surface area (TPSA) is 29.5 Å². The Morgan fingerprint density at radius 1 is 1.06 bits per heavy atom. The second kappa shape index (κ2) is 4.97. The standard InChI is InChI=1S/C14H13FO2/c1-10-2-5-12(6-3-10)17-13-7-4-11(9-16)14(15)8-13/h2-8,16H,9H2,1H3. The molecule has 2 rings (SSSR count). The Kier molecular flexibility index (Phi) is 3.40. The summed E-state index contributed by atoms with van der Waals surface area (Å²) >= 11 is 0. The van der Waals surface area contributed by atoms with Crippen LogP contribution in [0.4, 0.5) is 4.39 Å². The SMILES string of the molecule is Cc1ccc(Oc2ccc(CO)c(F)c2)cc1. The first-order valence-corrected chi connectivity index (χ1v) is 5.33. The maximum absolute atomic E-state index is 13.4. The van der Waals surface area contributed by atoms with Gasteiger partial charge in [-0.15, -0.1) is 0 Å². The Labute approximate surface area is 99.3 Å². The molecule has 0 heterocycles. The first-order valence-electron chi connectivity index (χ1n) is 5.33. The van der Waals surface area contributed by atoms with Gasteiger partial charge in [-0.05, 0) is 25.1 Å². The summed E-state index contributed by atoms with van der Waals surface area (Å²) in [6.45, 7) is 1.68. The van der Waals surface area contributed by atoms with E-state index >= 15 is 0 Å². The van der Waals surface area contributed by atoms with Crippen LogP contribution in [0.1, 0.15) is 11.1 Å². The lowest BCUT2D eigenvalue weighted by Gasteiger charge is -2.07. The van der Waals surface area contributed by atoms with Gasteiger partial charge in [0.1, 0.15) is 17.3 Å². The van der Waals surface area contributed by atoms with Crippen molar-refractivity contribution in [2.45, 2.75) is 13.5 Å².